The van der Waals surface area contributed by atoms with Gasteiger partial charge in [0.25, 0.3) is 0 Å². The minimum absolute atomic E-state index is 0.0180. The second-order valence-electron chi connectivity index (χ2n) is 11.6. The van der Waals surface area contributed by atoms with E-state index in [9.17, 15) is 19.5 Å². The molecule has 0 fully saturated rings. The van der Waals surface area contributed by atoms with Gasteiger partial charge in [0, 0.05) is 18.0 Å². The molecule has 37 heavy (non-hydrogen) atoms. The maximum atomic E-state index is 13.8. The Kier molecular flexibility index (Phi) is 11.4. The second-order valence-corrected chi connectivity index (χ2v) is 11.6. The fourth-order valence-electron chi connectivity index (χ4n) is 4.44. The fraction of sp³-hybridized carbons (Fsp3) is 0.621. The van der Waals surface area contributed by atoms with Crippen LogP contribution in [0.4, 0.5) is 0 Å². The van der Waals surface area contributed by atoms with Crippen LogP contribution in [0.1, 0.15) is 67.9 Å². The van der Waals surface area contributed by atoms with Crippen LogP contribution >= 0.6 is 0 Å². The largest absolute Gasteiger partial charge is 0.508 e. The van der Waals surface area contributed by atoms with Crippen molar-refractivity contribution in [3.8, 4) is 5.75 Å². The van der Waals surface area contributed by atoms with Crippen LogP contribution in [-0.4, -0.2) is 66.6 Å². The number of nitrogens with one attached hydrogen (secondary N) is 2. The molecule has 1 unspecified atom stereocenters. The van der Waals surface area contributed by atoms with E-state index >= 15 is 0 Å². The van der Waals surface area contributed by atoms with E-state index in [1.807, 2.05) is 54.5 Å². The first-order chi connectivity index (χ1) is 17.0. The van der Waals surface area contributed by atoms with Crippen LogP contribution in [0.15, 0.2) is 35.9 Å². The number of hydrogen-bond donors (Lipinski definition) is 3. The number of phenols is 1. The molecule has 0 saturated heterocycles. The summed E-state index contributed by atoms with van der Waals surface area (Å²) < 4.78 is 5.10. The lowest BCUT2D eigenvalue weighted by molar-refractivity contribution is -0.141. The number of carbonyl (C=O) groups excluding carboxylic acids is 3. The van der Waals surface area contributed by atoms with E-state index in [0.29, 0.717) is 5.57 Å². The Morgan fingerprint density at radius 2 is 1.70 bits per heavy atom. The van der Waals surface area contributed by atoms with Gasteiger partial charge in [-0.25, -0.2) is 4.79 Å². The van der Waals surface area contributed by atoms with Crippen LogP contribution in [0.3, 0.4) is 0 Å². The number of carbonyl (C=O) groups is 3. The molecule has 3 N–H and O–H groups in total. The lowest BCUT2D eigenvalue weighted by Crippen LogP contribution is -2.61. The highest BCUT2D eigenvalue weighted by atomic mass is 16.5. The molecular weight excluding hydrogens is 470 g/mol. The van der Waals surface area contributed by atoms with Crippen molar-refractivity contribution in [3.05, 3.63) is 41.5 Å². The van der Waals surface area contributed by atoms with E-state index in [1.54, 1.807) is 57.1 Å². The van der Waals surface area contributed by atoms with E-state index in [4.69, 9.17) is 4.74 Å². The van der Waals surface area contributed by atoms with Crippen LogP contribution in [0.25, 0.3) is 0 Å². The number of rotatable bonds is 11. The minimum Gasteiger partial charge on any atom is -0.508 e. The Bertz CT molecular complexity index is 978. The molecule has 0 bridgehead atoms. The van der Waals surface area contributed by atoms with Gasteiger partial charge >= 0.3 is 5.97 Å². The highest BCUT2D eigenvalue weighted by molar-refractivity contribution is 5.92. The number of aromatic hydroxyl groups is 1. The number of benzene rings is 1. The summed E-state index contributed by atoms with van der Waals surface area (Å²) in [4.78, 5) is 41.3. The molecule has 1 rings (SSSR count). The van der Waals surface area contributed by atoms with Gasteiger partial charge in [-0.3, -0.25) is 9.59 Å². The molecule has 2 amide bonds. The topological polar surface area (TPSA) is 108 Å². The predicted molar refractivity (Wildman–Crippen MR) is 147 cm³/mol. The number of hydrogen-bond acceptors (Lipinski definition) is 6. The maximum absolute atomic E-state index is 13.8. The molecule has 1 aromatic carbocycles. The van der Waals surface area contributed by atoms with Crippen LogP contribution in [-0.2, 0) is 24.5 Å². The van der Waals surface area contributed by atoms with Gasteiger partial charge in [0.15, 0.2) is 0 Å². The molecule has 208 valence electrons. The zero-order valence-corrected chi connectivity index (χ0v) is 24.4. The smallest absolute Gasteiger partial charge is 0.333 e. The third kappa shape index (κ3) is 8.32. The van der Waals surface area contributed by atoms with Gasteiger partial charge in [-0.15, -0.1) is 0 Å². The molecule has 0 saturated carbocycles. The summed E-state index contributed by atoms with van der Waals surface area (Å²) >= 11 is 0. The van der Waals surface area contributed by atoms with Gasteiger partial charge in [-0.2, -0.15) is 0 Å². The summed E-state index contributed by atoms with van der Waals surface area (Å²) in [6.07, 6.45) is 1.75. The molecule has 0 aliphatic rings. The van der Waals surface area contributed by atoms with E-state index in [0.717, 1.165) is 5.56 Å². The van der Waals surface area contributed by atoms with E-state index in [2.05, 4.69) is 10.6 Å². The van der Waals surface area contributed by atoms with E-state index in [1.165, 1.54) is 0 Å². The number of likely N-dealkylation sites (N-methyl/N-ethyl adjacent to an activating group) is 2. The zero-order valence-electron chi connectivity index (χ0n) is 24.4. The molecule has 8 nitrogen and oxygen atoms in total. The molecule has 0 radical (unpaired) electrons. The molecule has 0 aliphatic carbocycles. The van der Waals surface area contributed by atoms with Crippen LogP contribution in [0.5, 0.6) is 5.75 Å². The molecule has 0 heterocycles. The van der Waals surface area contributed by atoms with E-state index < -0.39 is 28.9 Å². The van der Waals surface area contributed by atoms with Gasteiger partial charge in [0.05, 0.1) is 18.7 Å². The van der Waals surface area contributed by atoms with Crippen molar-refractivity contribution < 1.29 is 24.2 Å². The summed E-state index contributed by atoms with van der Waals surface area (Å²) in [6.45, 7) is 17.2. The summed E-state index contributed by atoms with van der Waals surface area (Å²) in [5.74, 6) is -0.851. The van der Waals surface area contributed by atoms with Crippen molar-refractivity contribution in [2.75, 3.05) is 20.7 Å². The molecule has 1 aromatic rings. The first-order valence-electron chi connectivity index (χ1n) is 12.9. The number of ether oxygens (including phenoxy) is 1. The summed E-state index contributed by atoms with van der Waals surface area (Å²) in [5, 5.41) is 16.1. The van der Waals surface area contributed by atoms with Crippen LogP contribution in [0.2, 0.25) is 0 Å². The number of nitrogens with zero attached hydrogens (tertiary/aromatic N) is 1. The lowest BCUT2D eigenvalue weighted by atomic mass is 9.76. The Balaban J connectivity index is 3.31. The van der Waals surface area contributed by atoms with Gasteiger partial charge in [-0.05, 0) is 49.9 Å². The Morgan fingerprint density at radius 1 is 1.11 bits per heavy atom. The molecule has 0 aliphatic heterocycles. The van der Waals surface area contributed by atoms with Gasteiger partial charge in [-0.1, -0.05) is 66.7 Å². The number of amides is 2. The van der Waals surface area contributed by atoms with E-state index in [-0.39, 0.29) is 36.1 Å². The molecule has 8 heteroatoms. The van der Waals surface area contributed by atoms with Crippen LogP contribution < -0.4 is 10.6 Å². The first-order valence-corrected chi connectivity index (χ1v) is 12.9. The van der Waals surface area contributed by atoms with Gasteiger partial charge in [0.1, 0.15) is 11.8 Å². The normalized spacial score (nSPS) is 15.1. The van der Waals surface area contributed by atoms with Gasteiger partial charge < -0.3 is 25.4 Å². The van der Waals surface area contributed by atoms with Crippen molar-refractivity contribution in [2.24, 2.45) is 11.3 Å². The number of esters is 1. The molecule has 3 atom stereocenters. The third-order valence-electron chi connectivity index (χ3n) is 6.76. The predicted octanol–water partition coefficient (Wildman–Crippen LogP) is 3.78. The quantitative estimate of drug-likeness (QED) is 0.305. The monoisotopic (exact) mass is 517 g/mol. The average molecular weight is 518 g/mol. The first kappa shape index (κ1) is 32.2. The fourth-order valence-corrected chi connectivity index (χ4v) is 4.44. The highest BCUT2D eigenvalue weighted by Crippen LogP contribution is 2.30. The van der Waals surface area contributed by atoms with Crippen molar-refractivity contribution in [1.82, 2.24) is 15.5 Å². The van der Waals surface area contributed by atoms with Crippen molar-refractivity contribution >= 4 is 17.8 Å². The lowest BCUT2D eigenvalue weighted by Gasteiger charge is -2.40. The molecular formula is C29H47N3O5. The zero-order chi connectivity index (χ0) is 28.7. The Morgan fingerprint density at radius 3 is 2.16 bits per heavy atom. The molecule has 0 spiro atoms. The third-order valence-corrected chi connectivity index (χ3v) is 6.76. The Labute approximate surface area is 222 Å². The number of phenolic OH excluding ortho intramolecular Hbond substituents is 1. The summed E-state index contributed by atoms with van der Waals surface area (Å²) in [7, 11) is 3.39. The summed E-state index contributed by atoms with van der Waals surface area (Å²) in [6, 6.07) is 4.96. The van der Waals surface area contributed by atoms with Crippen molar-refractivity contribution in [3.63, 3.8) is 0 Å². The van der Waals surface area contributed by atoms with Crippen molar-refractivity contribution in [2.45, 2.75) is 85.9 Å². The SMILES string of the molecule is CCOC(=O)C(C)=C[C@H](C(C)C)N(C)C(=O)[C@@H](NC(=O)C(NC)C(C)(C)c1cccc(O)c1)C(C)(C)C. The van der Waals surface area contributed by atoms with Crippen molar-refractivity contribution in [1.29, 1.82) is 0 Å². The Hall–Kier alpha value is -2.87. The minimum atomic E-state index is -0.821. The maximum Gasteiger partial charge on any atom is 0.333 e. The highest BCUT2D eigenvalue weighted by Gasteiger charge is 2.41. The summed E-state index contributed by atoms with van der Waals surface area (Å²) in [5.41, 5.74) is -0.0537. The van der Waals surface area contributed by atoms with Gasteiger partial charge in [0.2, 0.25) is 11.8 Å². The standard InChI is InChI=1S/C29H47N3O5/c1-12-37-27(36)19(4)16-22(18(2)3)32(11)26(35)24(28(5,6)7)31-25(34)23(30-10)29(8,9)20-14-13-15-21(33)17-20/h13-18,22-24,30,33H,12H2,1-11H3,(H,31,34)/t22-,23?,24-/m1/s1. The second kappa shape index (κ2) is 13.1. The molecule has 0 aromatic heterocycles. The average Bonchev–Trinajstić information content (AvgIpc) is 2.79. The van der Waals surface area contributed by atoms with Crippen LogP contribution in [0, 0.1) is 11.3 Å².